The van der Waals surface area contributed by atoms with Crippen LogP contribution in [-0.2, 0) is 14.3 Å². The van der Waals surface area contributed by atoms with Crippen LogP contribution in [0, 0.1) is 0 Å². The minimum Gasteiger partial charge on any atom is -0.385 e. The van der Waals surface area contributed by atoms with Crippen LogP contribution >= 0.6 is 0 Å². The van der Waals surface area contributed by atoms with Crippen LogP contribution in [0.15, 0.2) is 0 Å². The fourth-order valence-electron chi connectivity index (χ4n) is 1.77. The fourth-order valence-corrected chi connectivity index (χ4v) is 1.77. The average molecular weight is 230 g/mol. The summed E-state index contributed by atoms with van der Waals surface area (Å²) in [5.41, 5.74) is 5.48. The topological polar surface area (TPSA) is 73.6 Å². The van der Waals surface area contributed by atoms with E-state index in [1.165, 1.54) is 0 Å². The lowest BCUT2D eigenvalue weighted by Gasteiger charge is -2.12. The van der Waals surface area contributed by atoms with Gasteiger partial charge in [-0.25, -0.2) is 0 Å². The Morgan fingerprint density at radius 2 is 2.31 bits per heavy atom. The second-order valence-electron chi connectivity index (χ2n) is 4.05. The van der Waals surface area contributed by atoms with Crippen molar-refractivity contribution in [1.29, 1.82) is 0 Å². The summed E-state index contributed by atoms with van der Waals surface area (Å²) in [6.45, 7) is 1.93. The van der Waals surface area contributed by atoms with Gasteiger partial charge in [-0.2, -0.15) is 0 Å². The Kier molecular flexibility index (Phi) is 6.37. The molecule has 5 nitrogen and oxygen atoms in total. The number of unbranched alkanes of at least 4 members (excludes halogenated alkanes) is 1. The molecule has 94 valence electrons. The van der Waals surface area contributed by atoms with E-state index in [2.05, 4.69) is 5.32 Å². The van der Waals surface area contributed by atoms with Crippen LogP contribution in [0.1, 0.15) is 25.7 Å². The molecule has 3 N–H and O–H groups in total. The number of amides is 1. The second-order valence-corrected chi connectivity index (χ2v) is 4.05. The molecule has 0 radical (unpaired) electrons. The molecule has 1 saturated heterocycles. The fraction of sp³-hybridized carbons (Fsp3) is 0.909. The summed E-state index contributed by atoms with van der Waals surface area (Å²) in [5, 5.41) is 2.87. The highest BCUT2D eigenvalue weighted by Gasteiger charge is 2.29. The van der Waals surface area contributed by atoms with Crippen molar-refractivity contribution < 1.29 is 14.3 Å². The molecule has 0 aromatic carbocycles. The zero-order valence-corrected chi connectivity index (χ0v) is 9.91. The molecule has 1 aliphatic heterocycles. The number of carbonyl (C=O) groups is 1. The monoisotopic (exact) mass is 230 g/mol. The minimum absolute atomic E-state index is 0.00614. The van der Waals surface area contributed by atoms with E-state index >= 15 is 0 Å². The Bertz CT molecular complexity index is 211. The third-order valence-corrected chi connectivity index (χ3v) is 2.74. The molecule has 1 amide bonds. The van der Waals surface area contributed by atoms with Gasteiger partial charge in [-0.3, -0.25) is 4.79 Å². The van der Waals surface area contributed by atoms with Gasteiger partial charge in [-0.1, -0.05) is 0 Å². The standard InChI is InChI=1S/C11H22N2O3/c1-15-7-3-2-6-13-11(14)10-5-4-9(8-12)16-10/h9-10H,2-8,12H2,1H3,(H,13,14). The molecule has 1 aliphatic rings. The number of rotatable bonds is 7. The second kappa shape index (κ2) is 7.60. The summed E-state index contributed by atoms with van der Waals surface area (Å²) in [6.07, 6.45) is 3.34. The third-order valence-electron chi connectivity index (χ3n) is 2.74. The molecule has 0 spiro atoms. The number of hydrogen-bond donors (Lipinski definition) is 2. The molecule has 1 heterocycles. The molecule has 0 saturated carbocycles. The molecule has 0 aromatic heterocycles. The van der Waals surface area contributed by atoms with E-state index in [1.54, 1.807) is 7.11 Å². The van der Waals surface area contributed by atoms with E-state index in [4.69, 9.17) is 15.2 Å². The van der Waals surface area contributed by atoms with Crippen molar-refractivity contribution in [3.05, 3.63) is 0 Å². The highest BCUT2D eigenvalue weighted by molar-refractivity contribution is 5.80. The zero-order chi connectivity index (χ0) is 11.8. The van der Waals surface area contributed by atoms with E-state index in [1.807, 2.05) is 0 Å². The van der Waals surface area contributed by atoms with Crippen LogP contribution in [0.25, 0.3) is 0 Å². The Balaban J connectivity index is 2.06. The maximum Gasteiger partial charge on any atom is 0.249 e. The van der Waals surface area contributed by atoms with E-state index in [0.717, 1.165) is 32.3 Å². The normalized spacial score (nSPS) is 24.6. The quantitative estimate of drug-likeness (QED) is 0.605. The lowest BCUT2D eigenvalue weighted by Crippen LogP contribution is -2.36. The summed E-state index contributed by atoms with van der Waals surface area (Å²) in [6, 6.07) is 0. The first-order valence-electron chi connectivity index (χ1n) is 5.90. The predicted octanol–water partition coefficient (Wildman–Crippen LogP) is 0.0355. The lowest BCUT2D eigenvalue weighted by atomic mass is 10.2. The molecule has 2 atom stereocenters. The molecule has 0 aromatic rings. The molecule has 2 unspecified atom stereocenters. The Hall–Kier alpha value is -0.650. The summed E-state index contributed by atoms with van der Waals surface area (Å²) >= 11 is 0. The summed E-state index contributed by atoms with van der Waals surface area (Å²) in [4.78, 5) is 11.6. The maximum absolute atomic E-state index is 11.6. The minimum atomic E-state index is -0.295. The van der Waals surface area contributed by atoms with E-state index < -0.39 is 0 Å². The third kappa shape index (κ3) is 4.47. The number of carbonyl (C=O) groups excluding carboxylic acids is 1. The van der Waals surface area contributed by atoms with Crippen LogP contribution in [-0.4, -0.2) is 44.9 Å². The van der Waals surface area contributed by atoms with Crippen LogP contribution in [0.2, 0.25) is 0 Å². The van der Waals surface area contributed by atoms with Gasteiger partial charge in [0.25, 0.3) is 0 Å². The predicted molar refractivity (Wildman–Crippen MR) is 61.1 cm³/mol. The van der Waals surface area contributed by atoms with Crippen molar-refractivity contribution in [2.75, 3.05) is 26.8 Å². The summed E-state index contributed by atoms with van der Waals surface area (Å²) < 4.78 is 10.4. The summed E-state index contributed by atoms with van der Waals surface area (Å²) in [5.74, 6) is -0.00614. The average Bonchev–Trinajstić information content (AvgIpc) is 2.77. The number of nitrogens with two attached hydrogens (primary N) is 1. The van der Waals surface area contributed by atoms with Gasteiger partial charge in [0.15, 0.2) is 0 Å². The highest BCUT2D eigenvalue weighted by Crippen LogP contribution is 2.18. The first kappa shape index (κ1) is 13.4. The lowest BCUT2D eigenvalue weighted by molar-refractivity contribution is -0.131. The molecule has 0 aliphatic carbocycles. The van der Waals surface area contributed by atoms with Gasteiger partial charge in [0.1, 0.15) is 6.10 Å². The molecular formula is C11H22N2O3. The Morgan fingerprint density at radius 1 is 1.50 bits per heavy atom. The van der Waals surface area contributed by atoms with Gasteiger partial charge in [0.05, 0.1) is 6.10 Å². The Labute approximate surface area is 96.7 Å². The van der Waals surface area contributed by atoms with Crippen molar-refractivity contribution in [1.82, 2.24) is 5.32 Å². The molecular weight excluding hydrogens is 208 g/mol. The van der Waals surface area contributed by atoms with Crippen molar-refractivity contribution in [3.8, 4) is 0 Å². The van der Waals surface area contributed by atoms with Crippen LogP contribution in [0.5, 0.6) is 0 Å². The van der Waals surface area contributed by atoms with E-state index in [-0.39, 0.29) is 18.1 Å². The van der Waals surface area contributed by atoms with Gasteiger partial charge in [-0.15, -0.1) is 0 Å². The van der Waals surface area contributed by atoms with Crippen molar-refractivity contribution >= 4 is 5.91 Å². The molecule has 5 heteroatoms. The van der Waals surface area contributed by atoms with Crippen LogP contribution in [0.4, 0.5) is 0 Å². The van der Waals surface area contributed by atoms with E-state index in [9.17, 15) is 4.79 Å². The summed E-state index contributed by atoms with van der Waals surface area (Å²) in [7, 11) is 1.68. The first-order valence-corrected chi connectivity index (χ1v) is 5.90. The van der Waals surface area contributed by atoms with Gasteiger partial charge in [0.2, 0.25) is 5.91 Å². The van der Waals surface area contributed by atoms with Crippen molar-refractivity contribution in [2.45, 2.75) is 37.9 Å². The van der Waals surface area contributed by atoms with Crippen LogP contribution < -0.4 is 11.1 Å². The number of methoxy groups -OCH3 is 1. The number of nitrogens with one attached hydrogen (secondary N) is 1. The largest absolute Gasteiger partial charge is 0.385 e. The number of hydrogen-bond acceptors (Lipinski definition) is 4. The molecule has 0 bridgehead atoms. The molecule has 1 fully saturated rings. The SMILES string of the molecule is COCCCCNC(=O)C1CCC(CN)O1. The van der Waals surface area contributed by atoms with Crippen molar-refractivity contribution in [2.24, 2.45) is 5.73 Å². The molecule has 16 heavy (non-hydrogen) atoms. The van der Waals surface area contributed by atoms with Gasteiger partial charge >= 0.3 is 0 Å². The number of ether oxygens (including phenoxy) is 2. The first-order chi connectivity index (χ1) is 7.77. The maximum atomic E-state index is 11.6. The van der Waals surface area contributed by atoms with E-state index in [0.29, 0.717) is 13.1 Å². The zero-order valence-electron chi connectivity index (χ0n) is 9.91. The Morgan fingerprint density at radius 3 is 2.94 bits per heavy atom. The van der Waals surface area contributed by atoms with Crippen molar-refractivity contribution in [3.63, 3.8) is 0 Å². The highest BCUT2D eigenvalue weighted by atomic mass is 16.5. The molecule has 1 rings (SSSR count). The van der Waals surface area contributed by atoms with Gasteiger partial charge in [0, 0.05) is 26.8 Å². The van der Waals surface area contributed by atoms with Crippen LogP contribution in [0.3, 0.4) is 0 Å². The van der Waals surface area contributed by atoms with Gasteiger partial charge in [-0.05, 0) is 25.7 Å². The van der Waals surface area contributed by atoms with Gasteiger partial charge < -0.3 is 20.5 Å². The smallest absolute Gasteiger partial charge is 0.249 e.